The first-order chi connectivity index (χ1) is 19.5. The lowest BCUT2D eigenvalue weighted by Crippen LogP contribution is -2.35. The van der Waals surface area contributed by atoms with Crippen molar-refractivity contribution in [3.05, 3.63) is 0 Å². The van der Waals surface area contributed by atoms with Gasteiger partial charge in [-0.3, -0.25) is 0 Å². The zero-order chi connectivity index (χ0) is 29.3. The summed E-state index contributed by atoms with van der Waals surface area (Å²) in [6.45, 7) is 14.3. The maximum atomic E-state index is 2.39. The predicted molar refractivity (Wildman–Crippen MR) is 184 cm³/mol. The van der Waals surface area contributed by atoms with Gasteiger partial charge >= 0.3 is 0 Å². The lowest BCUT2D eigenvalue weighted by atomic mass is 9.61. The quantitative estimate of drug-likeness (QED) is 0.0834. The van der Waals surface area contributed by atoms with Crippen LogP contribution in [-0.2, 0) is 0 Å². The zero-order valence-corrected chi connectivity index (χ0v) is 29.3. The Kier molecular flexibility index (Phi) is 25.3. The molecule has 1 aliphatic rings. The standard InChI is InChI=1S/C40H80/c1-7-9-11-13-19-25-31-39-37(29-23-12-10-8-2)33-34-38(30-24-18-14-16-21-27-35(3)4)40(39)32-26-20-15-17-22-28-36(5)6/h35-40H,7-34H2,1-6H3. The van der Waals surface area contributed by atoms with Gasteiger partial charge < -0.3 is 0 Å². The molecule has 4 unspecified atom stereocenters. The van der Waals surface area contributed by atoms with Gasteiger partial charge in [0.1, 0.15) is 0 Å². The van der Waals surface area contributed by atoms with E-state index in [0.717, 1.165) is 35.5 Å². The van der Waals surface area contributed by atoms with Crippen molar-refractivity contribution in [2.75, 3.05) is 0 Å². The highest BCUT2D eigenvalue weighted by atomic mass is 14.4. The third-order valence-electron chi connectivity index (χ3n) is 10.7. The van der Waals surface area contributed by atoms with Crippen molar-refractivity contribution in [1.29, 1.82) is 0 Å². The van der Waals surface area contributed by atoms with Crippen molar-refractivity contribution >= 4 is 0 Å². The van der Waals surface area contributed by atoms with E-state index in [4.69, 9.17) is 0 Å². The van der Waals surface area contributed by atoms with E-state index >= 15 is 0 Å². The van der Waals surface area contributed by atoms with Crippen LogP contribution in [-0.4, -0.2) is 0 Å². The Balaban J connectivity index is 2.70. The van der Waals surface area contributed by atoms with E-state index in [1.165, 1.54) is 141 Å². The number of hydrogen-bond acceptors (Lipinski definition) is 0. The summed E-state index contributed by atoms with van der Waals surface area (Å²) in [6.07, 6.45) is 41.8. The second-order valence-corrected chi connectivity index (χ2v) is 15.3. The molecule has 1 rings (SSSR count). The topological polar surface area (TPSA) is 0 Å². The van der Waals surface area contributed by atoms with Crippen LogP contribution >= 0.6 is 0 Å². The molecule has 0 aromatic heterocycles. The highest BCUT2D eigenvalue weighted by Gasteiger charge is 2.37. The van der Waals surface area contributed by atoms with Gasteiger partial charge in [-0.25, -0.2) is 0 Å². The van der Waals surface area contributed by atoms with Crippen molar-refractivity contribution in [1.82, 2.24) is 0 Å². The summed E-state index contributed by atoms with van der Waals surface area (Å²) >= 11 is 0. The average molecular weight is 561 g/mol. The molecule has 0 amide bonds. The molecule has 4 atom stereocenters. The minimum Gasteiger partial charge on any atom is -0.0654 e. The minimum absolute atomic E-state index is 0.884. The van der Waals surface area contributed by atoms with Crippen LogP contribution in [0.25, 0.3) is 0 Å². The van der Waals surface area contributed by atoms with Crippen molar-refractivity contribution in [2.45, 2.75) is 221 Å². The fourth-order valence-electron chi connectivity index (χ4n) is 8.12. The molecular formula is C40H80. The van der Waals surface area contributed by atoms with Gasteiger partial charge in [0, 0.05) is 0 Å². The molecule has 0 nitrogen and oxygen atoms in total. The molecule has 1 fully saturated rings. The van der Waals surface area contributed by atoms with Crippen molar-refractivity contribution in [3.8, 4) is 0 Å². The molecule has 0 radical (unpaired) electrons. The summed E-state index contributed by atoms with van der Waals surface area (Å²) in [4.78, 5) is 0. The van der Waals surface area contributed by atoms with Gasteiger partial charge in [0.05, 0.1) is 0 Å². The number of rotatable bonds is 28. The number of unbranched alkanes of at least 4 members (excludes halogenated alkanes) is 16. The summed E-state index contributed by atoms with van der Waals surface area (Å²) in [6, 6.07) is 0. The zero-order valence-electron chi connectivity index (χ0n) is 29.3. The van der Waals surface area contributed by atoms with E-state index in [-0.39, 0.29) is 0 Å². The molecule has 0 aromatic rings. The lowest BCUT2D eigenvalue weighted by molar-refractivity contribution is 0.0581. The van der Waals surface area contributed by atoms with Crippen LogP contribution in [0, 0.1) is 35.5 Å². The maximum Gasteiger partial charge on any atom is -0.0355 e. The molecular weight excluding hydrogens is 480 g/mol. The summed E-state index contributed by atoms with van der Waals surface area (Å²) in [5, 5.41) is 0. The summed E-state index contributed by atoms with van der Waals surface area (Å²) in [5.74, 6) is 5.98. The van der Waals surface area contributed by atoms with Gasteiger partial charge in [0.2, 0.25) is 0 Å². The summed E-state index contributed by atoms with van der Waals surface area (Å²) in [7, 11) is 0. The largest absolute Gasteiger partial charge is 0.0654 e. The summed E-state index contributed by atoms with van der Waals surface area (Å²) < 4.78 is 0. The van der Waals surface area contributed by atoms with Crippen LogP contribution in [0.2, 0.25) is 0 Å². The second-order valence-electron chi connectivity index (χ2n) is 15.3. The van der Waals surface area contributed by atoms with E-state index < -0.39 is 0 Å². The molecule has 0 spiro atoms. The van der Waals surface area contributed by atoms with Crippen molar-refractivity contribution in [3.63, 3.8) is 0 Å². The number of hydrogen-bond donors (Lipinski definition) is 0. The van der Waals surface area contributed by atoms with Gasteiger partial charge in [0.25, 0.3) is 0 Å². The fourth-order valence-corrected chi connectivity index (χ4v) is 8.12. The van der Waals surface area contributed by atoms with E-state index in [0.29, 0.717) is 0 Å². The van der Waals surface area contributed by atoms with E-state index in [1.807, 2.05) is 0 Å². The Morgan fingerprint density at radius 1 is 0.375 bits per heavy atom. The van der Waals surface area contributed by atoms with Gasteiger partial charge in [-0.05, 0) is 61.2 Å². The predicted octanol–water partition coefficient (Wildman–Crippen LogP) is 14.7. The van der Waals surface area contributed by atoms with Gasteiger partial charge in [0.15, 0.2) is 0 Å². The highest BCUT2D eigenvalue weighted by molar-refractivity contribution is 4.88. The third-order valence-corrected chi connectivity index (χ3v) is 10.7. The van der Waals surface area contributed by atoms with Crippen LogP contribution in [0.3, 0.4) is 0 Å². The Morgan fingerprint density at radius 3 is 1.05 bits per heavy atom. The Bertz CT molecular complexity index is 504. The third kappa shape index (κ3) is 20.0. The molecule has 1 saturated carbocycles. The SMILES string of the molecule is CCCCCCCCC1C(CCCCCC)CCC(CCCCCCCC(C)C)C1CCCCCCCC(C)C. The Labute approximate surface area is 256 Å². The molecule has 1 aliphatic carbocycles. The van der Waals surface area contributed by atoms with Crippen LogP contribution in [0.15, 0.2) is 0 Å². The first kappa shape index (κ1) is 38.0. The molecule has 0 saturated heterocycles. The highest BCUT2D eigenvalue weighted by Crippen LogP contribution is 2.47. The van der Waals surface area contributed by atoms with Crippen molar-refractivity contribution < 1.29 is 0 Å². The fraction of sp³-hybridized carbons (Fsp3) is 1.00. The average Bonchev–Trinajstić information content (AvgIpc) is 2.92. The molecule has 0 aliphatic heterocycles. The Morgan fingerprint density at radius 2 is 0.675 bits per heavy atom. The van der Waals surface area contributed by atoms with Crippen LogP contribution in [0.4, 0.5) is 0 Å². The van der Waals surface area contributed by atoms with Crippen LogP contribution in [0.1, 0.15) is 221 Å². The van der Waals surface area contributed by atoms with E-state index in [1.54, 1.807) is 38.5 Å². The van der Waals surface area contributed by atoms with E-state index in [9.17, 15) is 0 Å². The van der Waals surface area contributed by atoms with Crippen LogP contribution in [0.5, 0.6) is 0 Å². The molecule has 0 aromatic carbocycles. The van der Waals surface area contributed by atoms with Crippen LogP contribution < -0.4 is 0 Å². The first-order valence-corrected chi connectivity index (χ1v) is 19.5. The van der Waals surface area contributed by atoms with Crippen molar-refractivity contribution in [2.24, 2.45) is 35.5 Å². The molecule has 40 heavy (non-hydrogen) atoms. The molecule has 0 N–H and O–H groups in total. The monoisotopic (exact) mass is 561 g/mol. The minimum atomic E-state index is 0.884. The molecule has 0 heteroatoms. The van der Waals surface area contributed by atoms with Gasteiger partial charge in [-0.2, -0.15) is 0 Å². The normalized spacial score (nSPS) is 21.6. The smallest absolute Gasteiger partial charge is 0.0355 e. The molecule has 240 valence electrons. The van der Waals surface area contributed by atoms with E-state index in [2.05, 4.69) is 41.5 Å². The first-order valence-electron chi connectivity index (χ1n) is 19.5. The lowest BCUT2D eigenvalue weighted by Gasteiger charge is -2.44. The molecule has 0 bridgehead atoms. The maximum absolute atomic E-state index is 2.39. The Hall–Kier alpha value is 0. The van der Waals surface area contributed by atoms with Gasteiger partial charge in [-0.1, -0.05) is 196 Å². The molecule has 0 heterocycles. The second kappa shape index (κ2) is 26.6. The van der Waals surface area contributed by atoms with Gasteiger partial charge in [-0.15, -0.1) is 0 Å². The summed E-state index contributed by atoms with van der Waals surface area (Å²) in [5.41, 5.74) is 0.